The maximum absolute atomic E-state index is 5.36. The van der Waals surface area contributed by atoms with E-state index in [1.165, 1.54) is 0 Å². The first-order valence-corrected chi connectivity index (χ1v) is 5.44. The average molecular weight is 233 g/mol. The summed E-state index contributed by atoms with van der Waals surface area (Å²) in [5, 5.41) is 0.992. The number of fused-ring (bicyclic) bond motifs is 1. The number of pyridine rings is 1. The minimum Gasteiger partial charge on any atom is -0.493 e. The van der Waals surface area contributed by atoms with E-state index in [1.54, 1.807) is 14.2 Å². The minimum atomic E-state index is 0.603. The predicted octanol–water partition coefficient (Wildman–Crippen LogP) is 2.65. The molecular weight excluding hydrogens is 218 g/mol. The molecule has 0 saturated heterocycles. The van der Waals surface area contributed by atoms with Gasteiger partial charge in [-0.15, -0.1) is 0 Å². The molecule has 1 aromatic heterocycles. The van der Waals surface area contributed by atoms with Crippen molar-refractivity contribution >= 4 is 10.9 Å². The molecule has 0 aliphatic heterocycles. The lowest BCUT2D eigenvalue weighted by atomic mass is 10.2. The van der Waals surface area contributed by atoms with E-state index >= 15 is 0 Å². The number of nitrogens with zero attached hydrogens (tertiary/aromatic N) is 1. The summed E-state index contributed by atoms with van der Waals surface area (Å²) >= 11 is 0. The maximum Gasteiger partial charge on any atom is 0.213 e. The van der Waals surface area contributed by atoms with E-state index in [2.05, 4.69) is 4.98 Å². The van der Waals surface area contributed by atoms with Gasteiger partial charge in [0.05, 0.1) is 26.3 Å². The SMILES string of the molecule is CCOc1ccc2cc(OC)c(OC)cc2n1. The number of aromatic nitrogens is 1. The van der Waals surface area contributed by atoms with Crippen LogP contribution >= 0.6 is 0 Å². The summed E-state index contributed by atoms with van der Waals surface area (Å²) in [5.74, 6) is 1.99. The van der Waals surface area contributed by atoms with Crippen molar-refractivity contribution in [2.45, 2.75) is 6.92 Å². The van der Waals surface area contributed by atoms with Crippen molar-refractivity contribution in [1.29, 1.82) is 0 Å². The third-order valence-corrected chi connectivity index (χ3v) is 2.46. The molecule has 0 amide bonds. The quantitative estimate of drug-likeness (QED) is 0.814. The second kappa shape index (κ2) is 4.91. The molecule has 0 N–H and O–H groups in total. The summed E-state index contributed by atoms with van der Waals surface area (Å²) < 4.78 is 15.8. The van der Waals surface area contributed by atoms with Crippen LogP contribution in [0.1, 0.15) is 6.92 Å². The van der Waals surface area contributed by atoms with E-state index in [-0.39, 0.29) is 0 Å². The Morgan fingerprint density at radius 2 is 1.76 bits per heavy atom. The lowest BCUT2D eigenvalue weighted by molar-refractivity contribution is 0.328. The molecule has 0 aliphatic carbocycles. The van der Waals surface area contributed by atoms with Crippen molar-refractivity contribution < 1.29 is 14.2 Å². The highest BCUT2D eigenvalue weighted by molar-refractivity contribution is 5.83. The number of hydrogen-bond donors (Lipinski definition) is 0. The van der Waals surface area contributed by atoms with Gasteiger partial charge < -0.3 is 14.2 Å². The van der Waals surface area contributed by atoms with Gasteiger partial charge in [0, 0.05) is 17.5 Å². The van der Waals surface area contributed by atoms with Crippen LogP contribution in [0.2, 0.25) is 0 Å². The largest absolute Gasteiger partial charge is 0.493 e. The first kappa shape index (κ1) is 11.5. The predicted molar refractivity (Wildman–Crippen MR) is 66.0 cm³/mol. The fourth-order valence-corrected chi connectivity index (χ4v) is 1.66. The van der Waals surface area contributed by atoms with E-state index in [9.17, 15) is 0 Å². The molecule has 0 saturated carbocycles. The Kier molecular flexibility index (Phi) is 3.32. The second-order valence-electron chi connectivity index (χ2n) is 3.48. The highest BCUT2D eigenvalue weighted by Crippen LogP contribution is 2.32. The molecule has 0 atom stereocenters. The first-order chi connectivity index (χ1) is 8.28. The van der Waals surface area contributed by atoms with Crippen molar-refractivity contribution in [3.63, 3.8) is 0 Å². The Bertz CT molecular complexity index is 525. The summed E-state index contributed by atoms with van der Waals surface area (Å²) in [6.07, 6.45) is 0. The Morgan fingerprint density at radius 1 is 1.06 bits per heavy atom. The number of ether oxygens (including phenoxy) is 3. The molecule has 2 aromatic rings. The summed E-state index contributed by atoms with van der Waals surface area (Å²) in [6, 6.07) is 7.54. The normalized spacial score (nSPS) is 10.3. The zero-order chi connectivity index (χ0) is 12.3. The van der Waals surface area contributed by atoms with Gasteiger partial charge in [-0.1, -0.05) is 0 Å². The number of methoxy groups -OCH3 is 2. The molecule has 2 rings (SSSR count). The smallest absolute Gasteiger partial charge is 0.213 e. The van der Waals surface area contributed by atoms with Crippen molar-refractivity contribution in [2.24, 2.45) is 0 Å². The highest BCUT2D eigenvalue weighted by Gasteiger charge is 2.07. The fraction of sp³-hybridized carbons (Fsp3) is 0.308. The zero-order valence-electron chi connectivity index (χ0n) is 10.2. The van der Waals surface area contributed by atoms with Crippen molar-refractivity contribution in [1.82, 2.24) is 4.98 Å². The maximum atomic E-state index is 5.36. The van der Waals surface area contributed by atoms with Gasteiger partial charge in [0.1, 0.15) is 0 Å². The van der Waals surface area contributed by atoms with E-state index in [1.807, 2.05) is 31.2 Å². The molecule has 4 nitrogen and oxygen atoms in total. The van der Waals surface area contributed by atoms with Crippen LogP contribution in [0.15, 0.2) is 24.3 Å². The van der Waals surface area contributed by atoms with Gasteiger partial charge in [-0.25, -0.2) is 4.98 Å². The number of hydrogen-bond acceptors (Lipinski definition) is 4. The third-order valence-electron chi connectivity index (χ3n) is 2.46. The van der Waals surface area contributed by atoms with Crippen LogP contribution in [-0.4, -0.2) is 25.8 Å². The molecule has 1 aromatic carbocycles. The summed E-state index contributed by atoms with van der Waals surface area (Å²) in [6.45, 7) is 2.53. The lowest BCUT2D eigenvalue weighted by Gasteiger charge is -2.09. The topological polar surface area (TPSA) is 40.6 Å². The Hall–Kier alpha value is -1.97. The Labute approximate surface area is 100 Å². The van der Waals surface area contributed by atoms with Gasteiger partial charge in [0.15, 0.2) is 11.5 Å². The van der Waals surface area contributed by atoms with E-state index in [4.69, 9.17) is 14.2 Å². The van der Waals surface area contributed by atoms with Crippen molar-refractivity contribution in [3.05, 3.63) is 24.3 Å². The van der Waals surface area contributed by atoms with Gasteiger partial charge in [-0.2, -0.15) is 0 Å². The Morgan fingerprint density at radius 3 is 2.41 bits per heavy atom. The zero-order valence-corrected chi connectivity index (χ0v) is 10.2. The van der Waals surface area contributed by atoms with Crippen LogP contribution in [0, 0.1) is 0 Å². The Balaban J connectivity index is 2.54. The van der Waals surface area contributed by atoms with E-state index < -0.39 is 0 Å². The van der Waals surface area contributed by atoms with Crippen LogP contribution in [0.5, 0.6) is 17.4 Å². The molecule has 0 spiro atoms. The molecule has 0 bridgehead atoms. The lowest BCUT2D eigenvalue weighted by Crippen LogP contribution is -1.95. The van der Waals surface area contributed by atoms with Crippen LogP contribution in [0.25, 0.3) is 10.9 Å². The van der Waals surface area contributed by atoms with Crippen LogP contribution in [-0.2, 0) is 0 Å². The minimum absolute atomic E-state index is 0.603. The number of rotatable bonds is 4. The van der Waals surface area contributed by atoms with Gasteiger partial charge in [0.25, 0.3) is 0 Å². The molecular formula is C13H15NO3. The monoisotopic (exact) mass is 233 g/mol. The molecule has 4 heteroatoms. The van der Waals surface area contributed by atoms with E-state index in [0.29, 0.717) is 24.0 Å². The average Bonchev–Trinajstić information content (AvgIpc) is 2.37. The highest BCUT2D eigenvalue weighted by atomic mass is 16.5. The van der Waals surface area contributed by atoms with Crippen LogP contribution in [0.3, 0.4) is 0 Å². The van der Waals surface area contributed by atoms with E-state index in [0.717, 1.165) is 10.9 Å². The summed E-state index contributed by atoms with van der Waals surface area (Å²) in [5.41, 5.74) is 0.827. The summed E-state index contributed by atoms with van der Waals surface area (Å²) in [4.78, 5) is 4.39. The molecule has 0 fully saturated rings. The van der Waals surface area contributed by atoms with Gasteiger partial charge in [0.2, 0.25) is 5.88 Å². The number of benzene rings is 1. The molecule has 17 heavy (non-hydrogen) atoms. The second-order valence-corrected chi connectivity index (χ2v) is 3.48. The standard InChI is InChI=1S/C13H15NO3/c1-4-17-13-6-5-9-7-11(15-2)12(16-3)8-10(9)14-13/h5-8H,4H2,1-3H3. The van der Waals surface area contributed by atoms with Gasteiger partial charge in [-0.05, 0) is 19.1 Å². The molecule has 90 valence electrons. The summed E-state index contributed by atoms with van der Waals surface area (Å²) in [7, 11) is 3.22. The molecule has 0 radical (unpaired) electrons. The molecule has 0 aliphatic rings. The molecule has 1 heterocycles. The van der Waals surface area contributed by atoms with Crippen molar-refractivity contribution in [2.75, 3.05) is 20.8 Å². The first-order valence-electron chi connectivity index (χ1n) is 5.44. The molecule has 0 unspecified atom stereocenters. The van der Waals surface area contributed by atoms with Crippen LogP contribution < -0.4 is 14.2 Å². The van der Waals surface area contributed by atoms with Crippen LogP contribution in [0.4, 0.5) is 0 Å². The fourth-order valence-electron chi connectivity index (χ4n) is 1.66. The van der Waals surface area contributed by atoms with Crippen molar-refractivity contribution in [3.8, 4) is 17.4 Å². The van der Waals surface area contributed by atoms with Gasteiger partial charge >= 0.3 is 0 Å². The van der Waals surface area contributed by atoms with Gasteiger partial charge in [-0.3, -0.25) is 0 Å². The third kappa shape index (κ3) is 2.25.